The fourth-order valence-corrected chi connectivity index (χ4v) is 2.55. The Morgan fingerprint density at radius 2 is 2.11 bits per heavy atom. The molecular weight excluding hydrogens is 256 g/mol. The molecule has 2 aromatic heterocycles. The minimum Gasteiger partial charge on any atom is -0.475 e. The average Bonchev–Trinajstić information content (AvgIpc) is 2.94. The predicted octanol–water partition coefficient (Wildman–Crippen LogP) is 2.80. The minimum absolute atomic E-state index is 0.161. The van der Waals surface area contributed by atoms with E-state index in [1.807, 2.05) is 6.92 Å². The van der Waals surface area contributed by atoms with Crippen molar-refractivity contribution < 1.29 is 23.8 Å². The Morgan fingerprint density at radius 1 is 1.39 bits per heavy atom. The second-order valence-corrected chi connectivity index (χ2v) is 4.46. The zero-order chi connectivity index (χ0) is 13.3. The first-order valence-electron chi connectivity index (χ1n) is 5.04. The van der Waals surface area contributed by atoms with Crippen molar-refractivity contribution in [3.63, 3.8) is 0 Å². The number of carboxylic acids is 1. The zero-order valence-corrected chi connectivity index (χ0v) is 10.5. The van der Waals surface area contributed by atoms with Crippen LogP contribution >= 0.6 is 11.3 Å². The molecule has 0 aliphatic rings. The highest BCUT2D eigenvalue weighted by Crippen LogP contribution is 2.34. The molecule has 0 saturated heterocycles. The summed E-state index contributed by atoms with van der Waals surface area (Å²) in [7, 11) is 1.30. The summed E-state index contributed by atoms with van der Waals surface area (Å²) in [4.78, 5) is 22.8. The van der Waals surface area contributed by atoms with Crippen LogP contribution in [0.25, 0.3) is 11.3 Å². The number of aryl methyl sites for hydroxylation is 1. The van der Waals surface area contributed by atoms with Gasteiger partial charge in [-0.1, -0.05) is 0 Å². The number of esters is 1. The third kappa shape index (κ3) is 2.02. The van der Waals surface area contributed by atoms with Crippen molar-refractivity contribution in [3.05, 3.63) is 33.7 Å². The highest BCUT2D eigenvalue weighted by molar-refractivity contribution is 7.12. The number of ether oxygens (including phenoxy) is 1. The maximum atomic E-state index is 11.6. The van der Waals surface area contributed by atoms with E-state index in [4.69, 9.17) is 9.52 Å². The molecule has 0 amide bonds. The van der Waals surface area contributed by atoms with Crippen molar-refractivity contribution in [2.24, 2.45) is 0 Å². The summed E-state index contributed by atoms with van der Waals surface area (Å²) in [5.74, 6) is -1.41. The van der Waals surface area contributed by atoms with Crippen molar-refractivity contribution in [2.45, 2.75) is 6.92 Å². The van der Waals surface area contributed by atoms with E-state index in [1.165, 1.54) is 30.6 Å². The second-order valence-electron chi connectivity index (χ2n) is 3.58. The summed E-state index contributed by atoms with van der Waals surface area (Å²) in [6, 6.07) is 2.89. The number of hydrogen-bond acceptors (Lipinski definition) is 5. The Morgan fingerprint density at radius 3 is 2.67 bits per heavy atom. The van der Waals surface area contributed by atoms with Gasteiger partial charge in [0.05, 0.1) is 7.11 Å². The average molecular weight is 266 g/mol. The molecule has 18 heavy (non-hydrogen) atoms. The first-order valence-corrected chi connectivity index (χ1v) is 5.92. The van der Waals surface area contributed by atoms with Crippen molar-refractivity contribution in [3.8, 4) is 11.3 Å². The van der Waals surface area contributed by atoms with E-state index < -0.39 is 11.9 Å². The van der Waals surface area contributed by atoms with Crippen LogP contribution < -0.4 is 0 Å². The molecular formula is C12H10O5S. The number of rotatable bonds is 3. The Balaban J connectivity index is 2.52. The molecule has 6 heteroatoms. The van der Waals surface area contributed by atoms with Gasteiger partial charge in [-0.05, 0) is 30.0 Å². The van der Waals surface area contributed by atoms with Gasteiger partial charge in [0.15, 0.2) is 0 Å². The van der Waals surface area contributed by atoms with E-state index in [0.29, 0.717) is 16.2 Å². The number of carbonyl (C=O) groups excluding carboxylic acids is 1. The topological polar surface area (TPSA) is 76.7 Å². The number of aromatic carboxylic acids is 1. The fourth-order valence-electron chi connectivity index (χ4n) is 1.58. The van der Waals surface area contributed by atoms with Gasteiger partial charge in [-0.3, -0.25) is 0 Å². The van der Waals surface area contributed by atoms with Gasteiger partial charge in [0.2, 0.25) is 5.76 Å². The van der Waals surface area contributed by atoms with Crippen LogP contribution in [0, 0.1) is 6.92 Å². The molecule has 2 heterocycles. The van der Waals surface area contributed by atoms with Crippen molar-refractivity contribution in [2.75, 3.05) is 7.11 Å². The highest BCUT2D eigenvalue weighted by Gasteiger charge is 2.21. The molecule has 0 bridgehead atoms. The van der Waals surface area contributed by atoms with Crippen molar-refractivity contribution >= 4 is 23.3 Å². The predicted molar refractivity (Wildman–Crippen MR) is 65.1 cm³/mol. The maximum Gasteiger partial charge on any atom is 0.371 e. The first kappa shape index (κ1) is 12.4. The maximum absolute atomic E-state index is 11.6. The molecule has 1 N–H and O–H groups in total. The van der Waals surface area contributed by atoms with E-state index in [9.17, 15) is 9.59 Å². The molecule has 0 atom stereocenters. The summed E-state index contributed by atoms with van der Waals surface area (Å²) in [6.45, 7) is 1.82. The zero-order valence-electron chi connectivity index (χ0n) is 9.72. The quantitative estimate of drug-likeness (QED) is 0.864. The third-order valence-electron chi connectivity index (χ3n) is 2.41. The summed E-state index contributed by atoms with van der Waals surface area (Å²) < 4.78 is 9.88. The molecule has 0 saturated carbocycles. The molecule has 2 rings (SSSR count). The highest BCUT2D eigenvalue weighted by atomic mass is 32.1. The van der Waals surface area contributed by atoms with Crippen LogP contribution in [0.2, 0.25) is 0 Å². The van der Waals surface area contributed by atoms with Crippen LogP contribution in [0.1, 0.15) is 25.8 Å². The van der Waals surface area contributed by atoms with Crippen molar-refractivity contribution in [1.29, 1.82) is 0 Å². The van der Waals surface area contributed by atoms with Crippen LogP contribution in [0.15, 0.2) is 21.9 Å². The summed E-state index contributed by atoms with van der Waals surface area (Å²) in [5.41, 5.74) is 1.42. The molecule has 2 aromatic rings. The van der Waals surface area contributed by atoms with Crippen LogP contribution in [0.4, 0.5) is 0 Å². The Labute approximate surface area is 107 Å². The van der Waals surface area contributed by atoms with Gasteiger partial charge in [0, 0.05) is 5.56 Å². The third-order valence-corrected chi connectivity index (χ3v) is 3.49. The van der Waals surface area contributed by atoms with Gasteiger partial charge in [0.25, 0.3) is 0 Å². The number of furan rings is 1. The lowest BCUT2D eigenvalue weighted by Crippen LogP contribution is -2.00. The molecule has 0 aromatic carbocycles. The second kappa shape index (κ2) is 4.66. The smallest absolute Gasteiger partial charge is 0.371 e. The first-order chi connectivity index (χ1) is 8.54. The minimum atomic E-state index is -1.14. The number of hydrogen-bond donors (Lipinski definition) is 1. The van der Waals surface area contributed by atoms with Gasteiger partial charge >= 0.3 is 11.9 Å². The molecule has 0 fully saturated rings. The number of carbonyl (C=O) groups is 2. The molecule has 94 valence electrons. The van der Waals surface area contributed by atoms with Gasteiger partial charge in [-0.25, -0.2) is 9.59 Å². The number of carboxylic acid groups (broad SMARTS) is 1. The van der Waals surface area contributed by atoms with Gasteiger partial charge in [-0.15, -0.1) is 11.3 Å². The van der Waals surface area contributed by atoms with Crippen LogP contribution in [-0.4, -0.2) is 24.2 Å². The largest absolute Gasteiger partial charge is 0.475 e. The molecule has 0 aliphatic heterocycles. The van der Waals surface area contributed by atoms with E-state index in [2.05, 4.69) is 4.74 Å². The van der Waals surface area contributed by atoms with Crippen LogP contribution in [0.5, 0.6) is 0 Å². The normalized spacial score (nSPS) is 10.3. The van der Waals surface area contributed by atoms with E-state index in [-0.39, 0.29) is 5.76 Å². The Hall–Kier alpha value is -2.08. The lowest BCUT2D eigenvalue weighted by atomic mass is 10.1. The van der Waals surface area contributed by atoms with E-state index in [1.54, 1.807) is 5.38 Å². The van der Waals surface area contributed by atoms with Crippen molar-refractivity contribution in [1.82, 2.24) is 0 Å². The number of thiophene rings is 1. The summed E-state index contributed by atoms with van der Waals surface area (Å²) in [5, 5.41) is 10.6. The van der Waals surface area contributed by atoms with Gasteiger partial charge in [-0.2, -0.15) is 0 Å². The van der Waals surface area contributed by atoms with Gasteiger partial charge in [0.1, 0.15) is 10.6 Å². The molecule has 0 spiro atoms. The summed E-state index contributed by atoms with van der Waals surface area (Å²) >= 11 is 1.24. The lowest BCUT2D eigenvalue weighted by molar-refractivity contribution is 0.0606. The van der Waals surface area contributed by atoms with Crippen LogP contribution in [-0.2, 0) is 4.74 Å². The molecule has 5 nitrogen and oxygen atoms in total. The van der Waals surface area contributed by atoms with Crippen LogP contribution in [0.3, 0.4) is 0 Å². The molecule has 0 unspecified atom stereocenters. The Bertz CT molecular complexity index is 608. The summed E-state index contributed by atoms with van der Waals surface area (Å²) in [6.07, 6.45) is 0. The van der Waals surface area contributed by atoms with E-state index in [0.717, 1.165) is 5.56 Å². The van der Waals surface area contributed by atoms with Gasteiger partial charge < -0.3 is 14.3 Å². The molecule has 0 aliphatic carbocycles. The standard InChI is InChI=1S/C12H10O5S/c1-6-5-18-10(12(15)16-2)9(6)7-3-4-8(17-7)11(13)14/h3-5H,1-2H3,(H,13,14). The Kier molecular flexibility index (Phi) is 3.20. The monoisotopic (exact) mass is 266 g/mol. The number of methoxy groups -OCH3 is 1. The molecule has 0 radical (unpaired) electrons. The SMILES string of the molecule is COC(=O)c1scc(C)c1-c1ccc(C(=O)O)o1. The fraction of sp³-hybridized carbons (Fsp3) is 0.167. The van der Waals surface area contributed by atoms with E-state index >= 15 is 0 Å². The lowest BCUT2D eigenvalue weighted by Gasteiger charge is -2.00.